The van der Waals surface area contributed by atoms with Gasteiger partial charge in [0.2, 0.25) is 0 Å². The van der Waals surface area contributed by atoms with E-state index in [1.54, 1.807) is 35.0 Å². The number of carbonyl (C=O) groups excluding carboxylic acids is 1. The van der Waals surface area contributed by atoms with Crippen molar-refractivity contribution in [3.63, 3.8) is 0 Å². The monoisotopic (exact) mass is 365 g/mol. The third kappa shape index (κ3) is 2.43. The zero-order valence-corrected chi connectivity index (χ0v) is 15.1. The number of pyridine rings is 2. The van der Waals surface area contributed by atoms with Crippen molar-refractivity contribution in [2.24, 2.45) is 5.73 Å². The lowest BCUT2D eigenvalue weighted by Crippen LogP contribution is -2.24. The van der Waals surface area contributed by atoms with Gasteiger partial charge in [0.05, 0.1) is 42.1 Å². The molecule has 4 rings (SSSR count). The first kappa shape index (κ1) is 17.2. The molecule has 0 fully saturated rings. The smallest absolute Gasteiger partial charge is 0.259 e. The number of hydrogen-bond acceptors (Lipinski definition) is 6. The van der Waals surface area contributed by atoms with Crippen molar-refractivity contribution in [1.82, 2.24) is 9.55 Å². The fourth-order valence-electron chi connectivity index (χ4n) is 3.62. The fourth-order valence-corrected chi connectivity index (χ4v) is 3.62. The molecule has 7 heteroatoms. The Morgan fingerprint density at radius 2 is 1.81 bits per heavy atom. The molecule has 0 bridgehead atoms. The first-order valence-electron chi connectivity index (χ1n) is 8.65. The number of carbonyl (C=O) groups is 1. The maximum atomic E-state index is 13.3. The van der Waals surface area contributed by atoms with Crippen LogP contribution in [0.2, 0.25) is 0 Å². The van der Waals surface area contributed by atoms with E-state index in [0.29, 0.717) is 64.3 Å². The Hall–Kier alpha value is -3.19. The maximum Gasteiger partial charge on any atom is 0.259 e. The summed E-state index contributed by atoms with van der Waals surface area (Å²) in [6, 6.07) is 6.76. The molecule has 27 heavy (non-hydrogen) atoms. The lowest BCUT2D eigenvalue weighted by atomic mass is 10.0. The van der Waals surface area contributed by atoms with E-state index in [1.807, 2.05) is 0 Å². The van der Waals surface area contributed by atoms with Gasteiger partial charge in [-0.3, -0.25) is 14.6 Å². The normalized spacial score (nSPS) is 12.2. The molecule has 0 spiro atoms. The molecule has 0 atom stereocenters. The van der Waals surface area contributed by atoms with Crippen LogP contribution < -0.4 is 20.8 Å². The Labute approximate surface area is 155 Å². The number of rotatable bonds is 5. The number of ether oxygens (including phenoxy) is 2. The number of nitrogens with zero attached hydrogens (tertiary/aromatic N) is 2. The Balaban J connectivity index is 2.16. The summed E-state index contributed by atoms with van der Waals surface area (Å²) < 4.78 is 12.3. The minimum absolute atomic E-state index is 0.146. The van der Waals surface area contributed by atoms with Gasteiger partial charge in [-0.2, -0.15) is 0 Å². The van der Waals surface area contributed by atoms with Gasteiger partial charge in [0.25, 0.3) is 5.56 Å². The van der Waals surface area contributed by atoms with Crippen LogP contribution in [-0.4, -0.2) is 36.1 Å². The van der Waals surface area contributed by atoms with Crippen molar-refractivity contribution < 1.29 is 14.3 Å². The maximum absolute atomic E-state index is 13.3. The van der Waals surface area contributed by atoms with Crippen LogP contribution in [0.15, 0.2) is 35.3 Å². The number of benzene rings is 1. The lowest BCUT2D eigenvalue weighted by Gasteiger charge is -2.16. The van der Waals surface area contributed by atoms with E-state index in [9.17, 15) is 9.59 Å². The summed E-state index contributed by atoms with van der Waals surface area (Å²) in [5.41, 5.74) is 7.50. The van der Waals surface area contributed by atoms with E-state index in [2.05, 4.69) is 4.98 Å². The van der Waals surface area contributed by atoms with E-state index >= 15 is 0 Å². The molecular formula is C20H19N3O4. The predicted octanol–water partition coefficient (Wildman–Crippen LogP) is 1.97. The van der Waals surface area contributed by atoms with Crippen LogP contribution in [0.5, 0.6) is 11.5 Å². The summed E-state index contributed by atoms with van der Waals surface area (Å²) in [7, 11) is 3.03. The van der Waals surface area contributed by atoms with E-state index in [-0.39, 0.29) is 11.3 Å². The van der Waals surface area contributed by atoms with E-state index in [0.717, 1.165) is 0 Å². The quantitative estimate of drug-likeness (QED) is 0.581. The van der Waals surface area contributed by atoms with Crippen molar-refractivity contribution in [3.8, 4) is 22.9 Å². The highest BCUT2D eigenvalue weighted by Crippen LogP contribution is 2.41. The first-order valence-corrected chi connectivity index (χ1v) is 8.65. The van der Waals surface area contributed by atoms with Crippen molar-refractivity contribution in [2.45, 2.75) is 13.0 Å². The molecule has 0 saturated carbocycles. The molecule has 7 nitrogen and oxygen atoms in total. The van der Waals surface area contributed by atoms with Crippen LogP contribution in [0.25, 0.3) is 22.2 Å². The van der Waals surface area contributed by atoms with Crippen molar-refractivity contribution in [3.05, 3.63) is 51.9 Å². The number of ketones is 1. The molecule has 0 aliphatic heterocycles. The van der Waals surface area contributed by atoms with Gasteiger partial charge < -0.3 is 19.8 Å². The number of nitrogens with two attached hydrogens (primary N) is 1. The summed E-state index contributed by atoms with van der Waals surface area (Å²) in [5, 5.41) is 0.948. The SMILES string of the molecule is COc1cc2c3c(n(CCCN)c(=O)c2cc1OC)-c1ncccc1C3=O. The lowest BCUT2D eigenvalue weighted by molar-refractivity contribution is 0.104. The fraction of sp³-hybridized carbons (Fsp3) is 0.250. The highest BCUT2D eigenvalue weighted by Gasteiger charge is 2.34. The summed E-state index contributed by atoms with van der Waals surface area (Å²) in [6.07, 6.45) is 2.24. The van der Waals surface area contributed by atoms with E-state index < -0.39 is 0 Å². The molecule has 0 amide bonds. The highest BCUT2D eigenvalue weighted by atomic mass is 16.5. The van der Waals surface area contributed by atoms with Crippen LogP contribution in [0.3, 0.4) is 0 Å². The van der Waals surface area contributed by atoms with Gasteiger partial charge >= 0.3 is 0 Å². The molecule has 2 N–H and O–H groups in total. The first-order chi connectivity index (χ1) is 13.1. The topological polar surface area (TPSA) is 96.4 Å². The van der Waals surface area contributed by atoms with Crippen LogP contribution in [0.4, 0.5) is 0 Å². The van der Waals surface area contributed by atoms with Gasteiger partial charge in [-0.1, -0.05) is 0 Å². The summed E-state index contributed by atoms with van der Waals surface area (Å²) in [5.74, 6) is 0.753. The minimum Gasteiger partial charge on any atom is -0.493 e. The number of methoxy groups -OCH3 is 2. The molecule has 138 valence electrons. The van der Waals surface area contributed by atoms with Gasteiger partial charge in [-0.05, 0) is 37.2 Å². The molecule has 2 aromatic heterocycles. The molecule has 0 radical (unpaired) electrons. The molecule has 1 aliphatic rings. The van der Waals surface area contributed by atoms with Crippen LogP contribution in [0.1, 0.15) is 22.3 Å². The van der Waals surface area contributed by atoms with Gasteiger partial charge in [-0.15, -0.1) is 0 Å². The van der Waals surface area contributed by atoms with Gasteiger partial charge in [-0.25, -0.2) is 0 Å². The molecular weight excluding hydrogens is 346 g/mol. The molecule has 1 aromatic carbocycles. The molecule has 2 heterocycles. The number of fused-ring (bicyclic) bond motifs is 5. The average Bonchev–Trinajstić information content (AvgIpc) is 3.00. The third-order valence-corrected chi connectivity index (χ3v) is 4.86. The van der Waals surface area contributed by atoms with Gasteiger partial charge in [0.15, 0.2) is 17.3 Å². The molecule has 3 aromatic rings. The Bertz CT molecular complexity index is 1130. The van der Waals surface area contributed by atoms with Crippen LogP contribution in [-0.2, 0) is 6.54 Å². The Kier molecular flexibility index (Phi) is 4.16. The zero-order valence-electron chi connectivity index (χ0n) is 15.1. The predicted molar refractivity (Wildman–Crippen MR) is 102 cm³/mol. The summed E-state index contributed by atoms with van der Waals surface area (Å²) >= 11 is 0. The number of aromatic nitrogens is 2. The average molecular weight is 365 g/mol. The largest absolute Gasteiger partial charge is 0.493 e. The highest BCUT2D eigenvalue weighted by molar-refractivity contribution is 6.26. The van der Waals surface area contributed by atoms with Gasteiger partial charge in [0.1, 0.15) is 0 Å². The number of hydrogen-bond donors (Lipinski definition) is 1. The Morgan fingerprint density at radius 3 is 2.48 bits per heavy atom. The molecule has 1 aliphatic carbocycles. The molecule has 0 unspecified atom stereocenters. The minimum atomic E-state index is -0.204. The Morgan fingerprint density at radius 1 is 1.11 bits per heavy atom. The van der Waals surface area contributed by atoms with Crippen molar-refractivity contribution in [1.29, 1.82) is 0 Å². The second-order valence-corrected chi connectivity index (χ2v) is 6.30. The summed E-state index contributed by atoms with van der Waals surface area (Å²) in [4.78, 5) is 30.8. The third-order valence-electron chi connectivity index (χ3n) is 4.86. The van der Waals surface area contributed by atoms with Crippen molar-refractivity contribution >= 4 is 16.6 Å². The van der Waals surface area contributed by atoms with Gasteiger partial charge in [0, 0.05) is 18.1 Å². The summed E-state index contributed by atoms with van der Waals surface area (Å²) in [6.45, 7) is 0.847. The van der Waals surface area contributed by atoms with E-state index in [4.69, 9.17) is 15.2 Å². The molecule has 0 saturated heterocycles. The van der Waals surface area contributed by atoms with Crippen LogP contribution in [0, 0.1) is 0 Å². The zero-order chi connectivity index (χ0) is 19.1. The standard InChI is InChI=1S/C20H19N3O4/c1-26-14-9-12-13(10-15(14)27-2)20(25)23(8-4-6-21)18-16(12)19(24)11-5-3-7-22-17(11)18/h3,5,7,9-10H,4,6,8,21H2,1-2H3. The van der Waals surface area contributed by atoms with E-state index in [1.165, 1.54) is 14.2 Å². The second kappa shape index (κ2) is 6.51. The van der Waals surface area contributed by atoms with Crippen molar-refractivity contribution in [2.75, 3.05) is 20.8 Å². The van der Waals surface area contributed by atoms with Crippen LogP contribution >= 0.6 is 0 Å². The second-order valence-electron chi connectivity index (χ2n) is 6.30.